The van der Waals surface area contributed by atoms with E-state index in [2.05, 4.69) is 20.4 Å². The lowest BCUT2D eigenvalue weighted by atomic mass is 10.3. The Morgan fingerprint density at radius 2 is 2.05 bits per heavy atom. The second kappa shape index (κ2) is 5.86. The van der Waals surface area contributed by atoms with Crippen LogP contribution in [0.25, 0.3) is 16.4 Å². The normalized spacial score (nSPS) is 10.5. The van der Waals surface area contributed by atoms with E-state index in [-0.39, 0.29) is 5.82 Å². The molecule has 1 amide bonds. The first-order valence-electron chi connectivity index (χ1n) is 6.19. The average Bonchev–Trinajstić information content (AvgIpc) is 3.17. The van der Waals surface area contributed by atoms with E-state index >= 15 is 0 Å². The lowest BCUT2D eigenvalue weighted by Gasteiger charge is -2.03. The number of nitrogens with zero attached hydrogens (tertiary/aromatic N) is 3. The molecule has 0 atom stereocenters. The highest BCUT2D eigenvalue weighted by molar-refractivity contribution is 7.13. The third-order valence-electron chi connectivity index (χ3n) is 2.75. The molecule has 21 heavy (non-hydrogen) atoms. The summed E-state index contributed by atoms with van der Waals surface area (Å²) in [6.07, 6.45) is 0. The van der Waals surface area contributed by atoms with Gasteiger partial charge in [-0.25, -0.2) is 15.1 Å². The zero-order chi connectivity index (χ0) is 14.7. The number of para-hydroxylation sites is 1. The number of hydrogen-bond donors (Lipinski definition) is 1. The lowest BCUT2D eigenvalue weighted by Crippen LogP contribution is -2.23. The van der Waals surface area contributed by atoms with E-state index in [4.69, 9.17) is 0 Å². The minimum Gasteiger partial charge on any atom is -0.277 e. The highest BCUT2D eigenvalue weighted by Crippen LogP contribution is 2.25. The number of hydrogen-bond acceptors (Lipinski definition) is 5. The number of benzene rings is 1. The maximum atomic E-state index is 11.8. The number of hydroxylamine groups is 1. The van der Waals surface area contributed by atoms with Crippen molar-refractivity contribution in [3.63, 3.8) is 0 Å². The summed E-state index contributed by atoms with van der Waals surface area (Å²) in [5.41, 5.74) is 3.06. The molecule has 7 heteroatoms. The van der Waals surface area contributed by atoms with Gasteiger partial charge in [0, 0.05) is 0 Å². The Morgan fingerprint density at radius 1 is 1.24 bits per heavy atom. The number of rotatable bonds is 4. The largest absolute Gasteiger partial charge is 0.314 e. The van der Waals surface area contributed by atoms with E-state index in [1.54, 1.807) is 4.68 Å². The van der Waals surface area contributed by atoms with Gasteiger partial charge in [-0.1, -0.05) is 24.3 Å². The summed E-state index contributed by atoms with van der Waals surface area (Å²) in [4.78, 5) is 21.7. The van der Waals surface area contributed by atoms with Gasteiger partial charge in [-0.05, 0) is 23.6 Å². The topological polar surface area (TPSA) is 69.0 Å². The van der Waals surface area contributed by atoms with E-state index in [0.29, 0.717) is 5.82 Å². The first kappa shape index (κ1) is 13.5. The van der Waals surface area contributed by atoms with Crippen LogP contribution in [0.1, 0.15) is 10.6 Å². The Hall–Kier alpha value is -2.51. The van der Waals surface area contributed by atoms with Crippen molar-refractivity contribution in [2.24, 2.45) is 0 Å². The maximum Gasteiger partial charge on any atom is 0.314 e. The fourth-order valence-corrected chi connectivity index (χ4v) is 2.56. The smallest absolute Gasteiger partial charge is 0.277 e. The zero-order valence-electron chi connectivity index (χ0n) is 11.2. The second-order valence-corrected chi connectivity index (χ2v) is 5.07. The highest BCUT2D eigenvalue weighted by atomic mass is 32.1. The van der Waals surface area contributed by atoms with Crippen molar-refractivity contribution in [2.75, 3.05) is 7.11 Å². The molecule has 2 aromatic heterocycles. The molecule has 0 saturated heterocycles. The van der Waals surface area contributed by atoms with E-state index in [1.165, 1.54) is 18.4 Å². The Balaban J connectivity index is 2.11. The van der Waals surface area contributed by atoms with Crippen LogP contribution in [0.2, 0.25) is 0 Å². The molecule has 2 heterocycles. The maximum absolute atomic E-state index is 11.8. The van der Waals surface area contributed by atoms with Crippen LogP contribution in [0.5, 0.6) is 0 Å². The minimum atomic E-state index is -0.481. The van der Waals surface area contributed by atoms with Gasteiger partial charge >= 0.3 is 5.91 Å². The number of carbonyl (C=O) groups is 1. The molecule has 3 rings (SSSR count). The quantitative estimate of drug-likeness (QED) is 0.751. The summed E-state index contributed by atoms with van der Waals surface area (Å²) < 4.78 is 1.65. The van der Waals surface area contributed by atoms with Gasteiger partial charge in [0.05, 0.1) is 17.7 Å². The second-order valence-electron chi connectivity index (χ2n) is 4.12. The molecular formula is C14H12N4O2S. The summed E-state index contributed by atoms with van der Waals surface area (Å²) >= 11 is 1.54. The molecule has 0 unspecified atom stereocenters. The number of nitrogens with one attached hydrogen (secondary N) is 1. The van der Waals surface area contributed by atoms with Crippen LogP contribution in [0.4, 0.5) is 0 Å². The molecule has 106 valence electrons. The first-order chi connectivity index (χ1) is 10.3. The molecule has 0 aliphatic heterocycles. The Labute approximate surface area is 125 Å². The molecule has 0 spiro atoms. The summed E-state index contributed by atoms with van der Waals surface area (Å²) in [5.74, 6) is 0.201. The first-order valence-corrected chi connectivity index (χ1v) is 7.07. The van der Waals surface area contributed by atoms with E-state index in [9.17, 15) is 4.79 Å². The predicted molar refractivity (Wildman–Crippen MR) is 79.1 cm³/mol. The Bertz CT molecular complexity index is 738. The number of carbonyl (C=O) groups excluding carboxylic acids is 1. The molecule has 3 aromatic rings. The SMILES string of the molecule is CONC(=O)c1nc(-c2cccs2)n(-c2ccccc2)n1. The van der Waals surface area contributed by atoms with Gasteiger partial charge in [0.25, 0.3) is 0 Å². The summed E-state index contributed by atoms with van der Waals surface area (Å²) in [6, 6.07) is 13.4. The van der Waals surface area contributed by atoms with Crippen LogP contribution >= 0.6 is 11.3 Å². The van der Waals surface area contributed by atoms with Gasteiger partial charge in [0.1, 0.15) is 0 Å². The molecule has 0 aliphatic rings. The number of thiophene rings is 1. The molecule has 6 nitrogen and oxygen atoms in total. The van der Waals surface area contributed by atoms with Gasteiger partial charge in [-0.2, -0.15) is 0 Å². The average molecular weight is 300 g/mol. The van der Waals surface area contributed by atoms with Crippen LogP contribution in [0.15, 0.2) is 47.8 Å². The molecule has 1 aromatic carbocycles. The van der Waals surface area contributed by atoms with Gasteiger partial charge in [0.15, 0.2) is 5.82 Å². The molecule has 0 fully saturated rings. The van der Waals surface area contributed by atoms with Crippen LogP contribution in [0, 0.1) is 0 Å². The fraction of sp³-hybridized carbons (Fsp3) is 0.0714. The monoisotopic (exact) mass is 300 g/mol. The third kappa shape index (κ3) is 2.69. The highest BCUT2D eigenvalue weighted by Gasteiger charge is 2.19. The molecule has 1 N–H and O–H groups in total. The van der Waals surface area contributed by atoms with Crippen LogP contribution in [-0.2, 0) is 4.84 Å². The van der Waals surface area contributed by atoms with Crippen molar-refractivity contribution in [2.45, 2.75) is 0 Å². The Kier molecular flexibility index (Phi) is 3.76. The molecule has 0 saturated carbocycles. The zero-order valence-corrected chi connectivity index (χ0v) is 12.0. The summed E-state index contributed by atoms with van der Waals surface area (Å²) in [5, 5.41) is 6.23. The van der Waals surface area contributed by atoms with Crippen molar-refractivity contribution >= 4 is 17.2 Å². The standard InChI is InChI=1S/C14H12N4O2S/c1-20-17-14(19)12-15-13(11-8-5-9-21-11)18(16-12)10-6-3-2-4-7-10/h2-9H,1H3,(H,17,19). The molecule has 0 aliphatic carbocycles. The van der Waals surface area contributed by atoms with E-state index in [0.717, 1.165) is 10.6 Å². The fourth-order valence-electron chi connectivity index (χ4n) is 1.86. The van der Waals surface area contributed by atoms with Gasteiger partial charge in [0.2, 0.25) is 5.82 Å². The van der Waals surface area contributed by atoms with Crippen LogP contribution in [-0.4, -0.2) is 27.8 Å². The van der Waals surface area contributed by atoms with Crippen molar-refractivity contribution in [1.82, 2.24) is 20.2 Å². The Morgan fingerprint density at radius 3 is 2.71 bits per heavy atom. The predicted octanol–water partition coefficient (Wildman–Crippen LogP) is 2.29. The molecular weight excluding hydrogens is 288 g/mol. The van der Waals surface area contributed by atoms with E-state index < -0.39 is 5.91 Å². The molecule has 0 radical (unpaired) electrons. The third-order valence-corrected chi connectivity index (χ3v) is 3.61. The van der Waals surface area contributed by atoms with Crippen LogP contribution in [0.3, 0.4) is 0 Å². The lowest BCUT2D eigenvalue weighted by molar-refractivity contribution is 0.0527. The van der Waals surface area contributed by atoms with Gasteiger partial charge in [-0.15, -0.1) is 16.4 Å². The van der Waals surface area contributed by atoms with Crippen molar-refractivity contribution in [3.05, 3.63) is 53.7 Å². The summed E-state index contributed by atoms with van der Waals surface area (Å²) in [7, 11) is 1.37. The number of aromatic nitrogens is 3. The van der Waals surface area contributed by atoms with Crippen molar-refractivity contribution in [3.8, 4) is 16.4 Å². The molecule has 0 bridgehead atoms. The number of amides is 1. The minimum absolute atomic E-state index is 0.0594. The van der Waals surface area contributed by atoms with Gasteiger partial charge in [-0.3, -0.25) is 9.63 Å². The van der Waals surface area contributed by atoms with Crippen LogP contribution < -0.4 is 5.48 Å². The van der Waals surface area contributed by atoms with Crippen molar-refractivity contribution < 1.29 is 9.63 Å². The van der Waals surface area contributed by atoms with Crippen molar-refractivity contribution in [1.29, 1.82) is 0 Å². The van der Waals surface area contributed by atoms with Gasteiger partial charge < -0.3 is 0 Å². The van der Waals surface area contributed by atoms with E-state index in [1.807, 2.05) is 47.8 Å². The summed E-state index contributed by atoms with van der Waals surface area (Å²) in [6.45, 7) is 0.